The highest BCUT2D eigenvalue weighted by Crippen LogP contribution is 2.29. The number of amides is 1. The molecule has 132 valence electrons. The number of nitrogens with one attached hydrogen (secondary N) is 1. The summed E-state index contributed by atoms with van der Waals surface area (Å²) < 4.78 is 5.70. The molecule has 1 aliphatic carbocycles. The van der Waals surface area contributed by atoms with Gasteiger partial charge in [0.05, 0.1) is 5.56 Å². The van der Waals surface area contributed by atoms with Crippen molar-refractivity contribution >= 4 is 17.4 Å². The molecule has 0 saturated heterocycles. The molecule has 1 heterocycles. The molecule has 0 radical (unpaired) electrons. The number of nitrogens with zero attached hydrogens (tertiary/aromatic N) is 1. The van der Waals surface area contributed by atoms with Crippen molar-refractivity contribution in [1.82, 2.24) is 5.32 Å². The lowest BCUT2D eigenvalue weighted by atomic mass is 9.94. The molecule has 0 aliphatic heterocycles. The topological polar surface area (TPSA) is 62.6 Å². The fourth-order valence-corrected chi connectivity index (χ4v) is 3.24. The number of Topliss-reactive ketones (excluding diaryl/α,β-unsaturated/α-hetero) is 1. The van der Waals surface area contributed by atoms with Crippen molar-refractivity contribution in [1.29, 1.82) is 0 Å². The summed E-state index contributed by atoms with van der Waals surface area (Å²) in [5.74, 6) is 0.759. The highest BCUT2D eigenvalue weighted by atomic mass is 16.4. The van der Waals surface area contributed by atoms with Crippen LogP contribution in [0.15, 0.2) is 34.7 Å². The van der Waals surface area contributed by atoms with E-state index in [1.54, 1.807) is 6.92 Å². The van der Waals surface area contributed by atoms with Gasteiger partial charge < -0.3 is 14.6 Å². The molecule has 25 heavy (non-hydrogen) atoms. The fourth-order valence-electron chi connectivity index (χ4n) is 3.24. The van der Waals surface area contributed by atoms with Gasteiger partial charge in [0.15, 0.2) is 11.5 Å². The van der Waals surface area contributed by atoms with Gasteiger partial charge in [0.1, 0.15) is 5.76 Å². The Bertz CT molecular complexity index is 780. The van der Waals surface area contributed by atoms with E-state index in [4.69, 9.17) is 4.42 Å². The summed E-state index contributed by atoms with van der Waals surface area (Å²) in [5.41, 5.74) is 2.38. The summed E-state index contributed by atoms with van der Waals surface area (Å²) in [7, 11) is 2.00. The Balaban J connectivity index is 1.66. The molecule has 1 aromatic carbocycles. The van der Waals surface area contributed by atoms with E-state index in [-0.39, 0.29) is 23.5 Å². The van der Waals surface area contributed by atoms with E-state index >= 15 is 0 Å². The van der Waals surface area contributed by atoms with Crippen LogP contribution in [0.1, 0.15) is 52.0 Å². The Hall–Kier alpha value is -2.56. The SMILES string of the molecule is Cc1c(C(=O)NC[C@@H](C)N(C)c2ccccc2)oc2c1C(=O)CCC2. The minimum absolute atomic E-state index is 0.0822. The average molecular weight is 340 g/mol. The predicted molar refractivity (Wildman–Crippen MR) is 97.4 cm³/mol. The number of aryl methyl sites for hydroxylation is 1. The third kappa shape index (κ3) is 3.45. The number of fused-ring (bicyclic) bond motifs is 1. The number of rotatable bonds is 5. The van der Waals surface area contributed by atoms with E-state index in [0.717, 1.165) is 18.5 Å². The molecule has 1 atom stereocenters. The second-order valence-electron chi connectivity index (χ2n) is 6.64. The van der Waals surface area contributed by atoms with Crippen LogP contribution in [0.25, 0.3) is 0 Å². The van der Waals surface area contributed by atoms with Crippen LogP contribution in [0.4, 0.5) is 5.69 Å². The molecule has 2 aromatic rings. The van der Waals surface area contributed by atoms with Crippen molar-refractivity contribution in [2.45, 2.75) is 39.2 Å². The predicted octanol–water partition coefficient (Wildman–Crippen LogP) is 3.36. The van der Waals surface area contributed by atoms with Crippen molar-refractivity contribution in [3.63, 3.8) is 0 Å². The van der Waals surface area contributed by atoms with E-state index in [1.165, 1.54) is 0 Å². The van der Waals surface area contributed by atoms with Gasteiger partial charge in [0.2, 0.25) is 0 Å². The zero-order chi connectivity index (χ0) is 18.0. The van der Waals surface area contributed by atoms with Gasteiger partial charge in [0, 0.05) is 43.7 Å². The van der Waals surface area contributed by atoms with Crippen LogP contribution in [0.3, 0.4) is 0 Å². The minimum Gasteiger partial charge on any atom is -0.455 e. The zero-order valence-electron chi connectivity index (χ0n) is 15.0. The molecular weight excluding hydrogens is 316 g/mol. The number of furan rings is 1. The van der Waals surface area contributed by atoms with Gasteiger partial charge in [-0.25, -0.2) is 0 Å². The van der Waals surface area contributed by atoms with Crippen molar-refractivity contribution in [2.75, 3.05) is 18.5 Å². The maximum Gasteiger partial charge on any atom is 0.287 e. The Labute approximate surface area is 148 Å². The highest BCUT2D eigenvalue weighted by molar-refractivity contribution is 6.03. The Morgan fingerprint density at radius 3 is 2.68 bits per heavy atom. The molecule has 3 rings (SSSR count). The minimum atomic E-state index is -0.256. The number of benzene rings is 1. The number of anilines is 1. The van der Waals surface area contributed by atoms with Gasteiger partial charge in [-0.2, -0.15) is 0 Å². The quantitative estimate of drug-likeness (QED) is 0.906. The van der Waals surface area contributed by atoms with Crippen LogP contribution >= 0.6 is 0 Å². The monoisotopic (exact) mass is 340 g/mol. The first-order chi connectivity index (χ1) is 12.0. The summed E-state index contributed by atoms with van der Waals surface area (Å²) in [6.45, 7) is 4.33. The maximum absolute atomic E-state index is 12.5. The lowest BCUT2D eigenvalue weighted by molar-refractivity contribution is 0.0917. The first-order valence-electron chi connectivity index (χ1n) is 8.70. The van der Waals surface area contributed by atoms with E-state index in [0.29, 0.717) is 29.9 Å². The third-order valence-electron chi connectivity index (χ3n) is 4.90. The number of carbonyl (C=O) groups excluding carboxylic acids is 2. The van der Waals surface area contributed by atoms with E-state index < -0.39 is 0 Å². The van der Waals surface area contributed by atoms with Crippen LogP contribution in [0.2, 0.25) is 0 Å². The van der Waals surface area contributed by atoms with Crippen LogP contribution in [0, 0.1) is 6.92 Å². The van der Waals surface area contributed by atoms with E-state index in [2.05, 4.69) is 17.1 Å². The zero-order valence-corrected chi connectivity index (χ0v) is 15.0. The van der Waals surface area contributed by atoms with Crippen LogP contribution in [-0.2, 0) is 6.42 Å². The summed E-state index contributed by atoms with van der Waals surface area (Å²) in [5, 5.41) is 2.93. The summed E-state index contributed by atoms with van der Waals surface area (Å²) >= 11 is 0. The average Bonchev–Trinajstić information content (AvgIpc) is 2.97. The second-order valence-corrected chi connectivity index (χ2v) is 6.64. The van der Waals surface area contributed by atoms with Crippen LogP contribution in [0.5, 0.6) is 0 Å². The van der Waals surface area contributed by atoms with Crippen LogP contribution < -0.4 is 10.2 Å². The Kier molecular flexibility index (Phi) is 4.93. The molecule has 1 N–H and O–H groups in total. The first kappa shape index (κ1) is 17.3. The summed E-state index contributed by atoms with van der Waals surface area (Å²) in [6.07, 6.45) is 2.05. The standard InChI is InChI=1S/C20H24N2O3/c1-13(22(3)15-8-5-4-6-9-15)12-21-20(24)19-14(2)18-16(23)10-7-11-17(18)25-19/h4-6,8-9,13H,7,10-12H2,1-3H3,(H,21,24)/t13-/m1/s1. The van der Waals surface area contributed by atoms with Crippen molar-refractivity contribution < 1.29 is 14.0 Å². The van der Waals surface area contributed by atoms with Gasteiger partial charge in [-0.1, -0.05) is 18.2 Å². The number of hydrogen-bond acceptors (Lipinski definition) is 4. The number of carbonyl (C=O) groups is 2. The number of hydrogen-bond donors (Lipinski definition) is 1. The van der Waals surface area contributed by atoms with Crippen molar-refractivity contribution in [3.05, 3.63) is 53.0 Å². The first-order valence-corrected chi connectivity index (χ1v) is 8.70. The van der Waals surface area contributed by atoms with Gasteiger partial charge >= 0.3 is 0 Å². The molecule has 5 heteroatoms. The van der Waals surface area contributed by atoms with Gasteiger partial charge in [0.25, 0.3) is 5.91 Å². The molecule has 0 spiro atoms. The molecule has 0 unspecified atom stereocenters. The number of likely N-dealkylation sites (N-methyl/N-ethyl adjacent to an activating group) is 1. The smallest absolute Gasteiger partial charge is 0.287 e. The molecule has 5 nitrogen and oxygen atoms in total. The number of para-hydroxylation sites is 1. The Morgan fingerprint density at radius 2 is 2.00 bits per heavy atom. The lowest BCUT2D eigenvalue weighted by Crippen LogP contribution is -2.40. The van der Waals surface area contributed by atoms with E-state index in [9.17, 15) is 9.59 Å². The van der Waals surface area contributed by atoms with Crippen LogP contribution in [-0.4, -0.2) is 31.3 Å². The normalized spacial score (nSPS) is 14.8. The molecular formula is C20H24N2O3. The van der Waals surface area contributed by atoms with Crippen molar-refractivity contribution in [3.8, 4) is 0 Å². The van der Waals surface area contributed by atoms with E-state index in [1.807, 2.05) is 37.4 Å². The van der Waals surface area contributed by atoms with Crippen molar-refractivity contribution in [2.24, 2.45) is 0 Å². The van der Waals surface area contributed by atoms with Gasteiger partial charge in [-0.15, -0.1) is 0 Å². The molecule has 1 aromatic heterocycles. The highest BCUT2D eigenvalue weighted by Gasteiger charge is 2.28. The second kappa shape index (κ2) is 7.13. The summed E-state index contributed by atoms with van der Waals surface area (Å²) in [6, 6.07) is 10.2. The molecule has 0 saturated carbocycles. The third-order valence-corrected chi connectivity index (χ3v) is 4.90. The lowest BCUT2D eigenvalue weighted by Gasteiger charge is -2.27. The van der Waals surface area contributed by atoms with Gasteiger partial charge in [-0.05, 0) is 32.4 Å². The molecule has 1 aliphatic rings. The fraction of sp³-hybridized carbons (Fsp3) is 0.400. The Morgan fingerprint density at radius 1 is 1.28 bits per heavy atom. The van der Waals surface area contributed by atoms with Gasteiger partial charge in [-0.3, -0.25) is 9.59 Å². The summed E-state index contributed by atoms with van der Waals surface area (Å²) in [4.78, 5) is 26.7. The molecule has 1 amide bonds. The maximum atomic E-state index is 12.5. The molecule has 0 fully saturated rings. The molecule has 0 bridgehead atoms. The largest absolute Gasteiger partial charge is 0.455 e. The number of ketones is 1.